The van der Waals surface area contributed by atoms with Crippen LogP contribution in [0.3, 0.4) is 0 Å². The lowest BCUT2D eigenvalue weighted by atomic mass is 10.1. The number of benzene rings is 1. The van der Waals surface area contributed by atoms with Crippen LogP contribution in [0.15, 0.2) is 24.3 Å². The molecule has 0 atom stereocenters. The van der Waals surface area contributed by atoms with Crippen molar-refractivity contribution in [1.82, 2.24) is 25.5 Å². The lowest BCUT2D eigenvalue weighted by Crippen LogP contribution is -2.36. The zero-order valence-electron chi connectivity index (χ0n) is 12.4. The van der Waals surface area contributed by atoms with Gasteiger partial charge in [0.15, 0.2) is 5.82 Å². The third-order valence-electron chi connectivity index (χ3n) is 2.90. The van der Waals surface area contributed by atoms with Crippen LogP contribution in [0.4, 0.5) is 0 Å². The number of nitrogens with one attached hydrogen (secondary N) is 1. The van der Waals surface area contributed by atoms with Gasteiger partial charge in [0.05, 0.1) is 20.2 Å². The van der Waals surface area contributed by atoms with E-state index >= 15 is 0 Å². The lowest BCUT2D eigenvalue weighted by molar-refractivity contribution is 0.400. The normalized spacial score (nSPS) is 11.6. The maximum Gasteiger partial charge on any atom is 0.165 e. The highest BCUT2D eigenvalue weighted by Crippen LogP contribution is 2.18. The average Bonchev–Trinajstić information content (AvgIpc) is 2.83. The minimum Gasteiger partial charge on any atom is -0.496 e. The molecule has 0 amide bonds. The predicted octanol–water partition coefficient (Wildman–Crippen LogP) is 1.62. The number of ether oxygens (including phenoxy) is 1. The first kappa shape index (κ1) is 14.5. The van der Waals surface area contributed by atoms with Crippen LogP contribution in [-0.2, 0) is 13.1 Å². The maximum absolute atomic E-state index is 5.35. The molecule has 6 nitrogen and oxygen atoms in total. The Bertz CT molecular complexity index is 559. The molecule has 20 heavy (non-hydrogen) atoms. The van der Waals surface area contributed by atoms with Gasteiger partial charge in [-0.25, -0.2) is 4.68 Å². The SMILES string of the molecule is COc1ccccc1Cn1nnnc1CNC(C)(C)C. The summed E-state index contributed by atoms with van der Waals surface area (Å²) in [6, 6.07) is 7.88. The van der Waals surface area contributed by atoms with Gasteiger partial charge in [-0.3, -0.25) is 0 Å². The fraction of sp³-hybridized carbons (Fsp3) is 0.500. The Morgan fingerprint density at radius 2 is 2.00 bits per heavy atom. The second-order valence-electron chi connectivity index (χ2n) is 5.67. The van der Waals surface area contributed by atoms with Crippen molar-refractivity contribution in [2.75, 3.05) is 7.11 Å². The van der Waals surface area contributed by atoms with Crippen molar-refractivity contribution >= 4 is 0 Å². The van der Waals surface area contributed by atoms with Gasteiger partial charge in [0.2, 0.25) is 0 Å². The van der Waals surface area contributed by atoms with Crippen LogP contribution in [0, 0.1) is 0 Å². The van der Waals surface area contributed by atoms with Crippen molar-refractivity contribution in [3.63, 3.8) is 0 Å². The Balaban J connectivity index is 2.12. The van der Waals surface area contributed by atoms with E-state index in [-0.39, 0.29) is 5.54 Å². The average molecular weight is 275 g/mol. The molecule has 2 rings (SSSR count). The highest BCUT2D eigenvalue weighted by Gasteiger charge is 2.13. The van der Waals surface area contributed by atoms with Crippen molar-refractivity contribution in [3.05, 3.63) is 35.7 Å². The summed E-state index contributed by atoms with van der Waals surface area (Å²) in [5.41, 5.74) is 1.08. The molecular formula is C14H21N5O. The summed E-state index contributed by atoms with van der Waals surface area (Å²) >= 11 is 0. The summed E-state index contributed by atoms with van der Waals surface area (Å²) in [6.45, 7) is 7.56. The zero-order chi connectivity index (χ0) is 14.6. The molecule has 1 N–H and O–H groups in total. The Morgan fingerprint density at radius 3 is 2.70 bits per heavy atom. The van der Waals surface area contributed by atoms with Crippen molar-refractivity contribution in [2.24, 2.45) is 0 Å². The number of methoxy groups -OCH3 is 1. The van der Waals surface area contributed by atoms with Crippen LogP contribution in [0.2, 0.25) is 0 Å². The standard InChI is InChI=1S/C14H21N5O/c1-14(2,3)15-9-13-16-17-18-19(13)10-11-7-5-6-8-12(11)20-4/h5-8,15H,9-10H2,1-4H3. The molecule has 1 aromatic carbocycles. The number of tetrazole rings is 1. The van der Waals surface area contributed by atoms with Crippen LogP contribution < -0.4 is 10.1 Å². The van der Waals surface area contributed by atoms with Crippen molar-refractivity contribution in [2.45, 2.75) is 39.4 Å². The summed E-state index contributed by atoms with van der Waals surface area (Å²) in [6.07, 6.45) is 0. The topological polar surface area (TPSA) is 64.9 Å². The zero-order valence-corrected chi connectivity index (χ0v) is 12.4. The molecule has 6 heteroatoms. The van der Waals surface area contributed by atoms with Crippen LogP contribution in [0.5, 0.6) is 5.75 Å². The summed E-state index contributed by atoms with van der Waals surface area (Å²) in [5.74, 6) is 1.66. The molecule has 0 spiro atoms. The number of hydrogen-bond acceptors (Lipinski definition) is 5. The van der Waals surface area contributed by atoms with E-state index in [1.165, 1.54) is 0 Å². The van der Waals surface area contributed by atoms with Gasteiger partial charge in [-0.1, -0.05) is 18.2 Å². The van der Waals surface area contributed by atoms with Gasteiger partial charge in [-0.2, -0.15) is 0 Å². The van der Waals surface area contributed by atoms with Gasteiger partial charge in [-0.15, -0.1) is 5.10 Å². The summed E-state index contributed by atoms with van der Waals surface area (Å²) in [7, 11) is 1.67. The highest BCUT2D eigenvalue weighted by atomic mass is 16.5. The number of nitrogens with zero attached hydrogens (tertiary/aromatic N) is 4. The number of para-hydroxylation sites is 1. The second-order valence-corrected chi connectivity index (χ2v) is 5.67. The molecule has 1 aromatic heterocycles. The molecule has 2 aromatic rings. The largest absolute Gasteiger partial charge is 0.496 e. The number of hydrogen-bond donors (Lipinski definition) is 1. The van der Waals surface area contributed by atoms with Crippen LogP contribution >= 0.6 is 0 Å². The van der Waals surface area contributed by atoms with Crippen LogP contribution in [0.25, 0.3) is 0 Å². The Morgan fingerprint density at radius 1 is 1.25 bits per heavy atom. The summed E-state index contributed by atoms with van der Waals surface area (Å²) in [4.78, 5) is 0. The van der Waals surface area contributed by atoms with Gasteiger partial charge in [-0.05, 0) is 37.3 Å². The molecule has 0 saturated carbocycles. The van der Waals surface area contributed by atoms with E-state index in [0.29, 0.717) is 13.1 Å². The van der Waals surface area contributed by atoms with Crippen molar-refractivity contribution in [3.8, 4) is 5.75 Å². The molecule has 108 valence electrons. The Kier molecular flexibility index (Phi) is 4.34. The fourth-order valence-corrected chi connectivity index (χ4v) is 1.81. The van der Waals surface area contributed by atoms with E-state index in [2.05, 4.69) is 41.6 Å². The Hall–Kier alpha value is -1.95. The third kappa shape index (κ3) is 3.77. The van der Waals surface area contributed by atoms with Crippen molar-refractivity contribution in [1.29, 1.82) is 0 Å². The molecule has 0 saturated heterocycles. The molecule has 0 bridgehead atoms. The first-order chi connectivity index (χ1) is 9.49. The molecule has 0 fully saturated rings. The minimum absolute atomic E-state index is 0.0290. The molecule has 1 heterocycles. The smallest absolute Gasteiger partial charge is 0.165 e. The Labute approximate surface area is 119 Å². The van der Waals surface area contributed by atoms with E-state index < -0.39 is 0 Å². The molecule has 0 aliphatic rings. The van der Waals surface area contributed by atoms with E-state index in [1.54, 1.807) is 11.8 Å². The van der Waals surface area contributed by atoms with E-state index in [1.807, 2.05) is 24.3 Å². The van der Waals surface area contributed by atoms with E-state index in [4.69, 9.17) is 4.74 Å². The van der Waals surface area contributed by atoms with Crippen LogP contribution in [-0.4, -0.2) is 32.9 Å². The monoisotopic (exact) mass is 275 g/mol. The van der Waals surface area contributed by atoms with Gasteiger partial charge < -0.3 is 10.1 Å². The summed E-state index contributed by atoms with van der Waals surface area (Å²) in [5, 5.41) is 15.3. The summed E-state index contributed by atoms with van der Waals surface area (Å²) < 4.78 is 7.14. The van der Waals surface area contributed by atoms with Crippen LogP contribution in [0.1, 0.15) is 32.2 Å². The molecule has 0 radical (unpaired) electrons. The van der Waals surface area contributed by atoms with Gasteiger partial charge in [0.1, 0.15) is 5.75 Å². The third-order valence-corrected chi connectivity index (χ3v) is 2.90. The predicted molar refractivity (Wildman–Crippen MR) is 76.5 cm³/mol. The number of aromatic nitrogens is 4. The first-order valence-corrected chi connectivity index (χ1v) is 6.61. The fourth-order valence-electron chi connectivity index (χ4n) is 1.81. The van der Waals surface area contributed by atoms with Gasteiger partial charge in [0, 0.05) is 11.1 Å². The second kappa shape index (κ2) is 6.00. The highest BCUT2D eigenvalue weighted by molar-refractivity contribution is 5.33. The first-order valence-electron chi connectivity index (χ1n) is 6.61. The number of rotatable bonds is 5. The van der Waals surface area contributed by atoms with Crippen molar-refractivity contribution < 1.29 is 4.74 Å². The molecule has 0 aliphatic carbocycles. The van der Waals surface area contributed by atoms with E-state index in [9.17, 15) is 0 Å². The molecule has 0 aliphatic heterocycles. The molecule has 0 unspecified atom stereocenters. The molecular weight excluding hydrogens is 254 g/mol. The minimum atomic E-state index is 0.0290. The van der Waals surface area contributed by atoms with Gasteiger partial charge >= 0.3 is 0 Å². The quantitative estimate of drug-likeness (QED) is 0.898. The van der Waals surface area contributed by atoms with Gasteiger partial charge in [0.25, 0.3) is 0 Å². The lowest BCUT2D eigenvalue weighted by Gasteiger charge is -2.20. The van der Waals surface area contributed by atoms with E-state index in [0.717, 1.165) is 17.1 Å². The maximum atomic E-state index is 5.35.